The van der Waals surface area contributed by atoms with Crippen LogP contribution in [0.1, 0.15) is 14.3 Å². The molecular weight excluding hydrogens is 336 g/mol. The number of benzene rings is 2. The normalized spacial score (nSPS) is 14.0. The average molecular weight is 360 g/mol. The first-order valence-electron chi connectivity index (χ1n) is 9.60. The molecule has 2 aromatic carbocycles. The van der Waals surface area contributed by atoms with E-state index >= 15 is 0 Å². The van der Waals surface area contributed by atoms with Crippen LogP contribution in [-0.4, -0.2) is 35.6 Å². The van der Waals surface area contributed by atoms with E-state index in [1.807, 2.05) is 0 Å². The van der Waals surface area contributed by atoms with Crippen LogP contribution >= 0.6 is 0 Å². The van der Waals surface area contributed by atoms with E-state index in [0.717, 1.165) is 49.9 Å². The van der Waals surface area contributed by atoms with Crippen molar-refractivity contribution < 1.29 is 6.22 Å². The van der Waals surface area contributed by atoms with Crippen LogP contribution < -0.4 is 10.2 Å². The molecule has 138 valence electrons. The van der Waals surface area contributed by atoms with Crippen LogP contribution in [0.15, 0.2) is 48.5 Å². The highest BCUT2D eigenvalue weighted by Crippen LogP contribution is 2.40. The Bertz CT molecular complexity index is 1150. The monoisotopic (exact) mass is 360 g/mol. The molecule has 5 rings (SSSR count). The van der Waals surface area contributed by atoms with Gasteiger partial charge >= 0.3 is 0 Å². The molecule has 0 spiro atoms. The number of carbonyl (C=O) groups is 1. The summed E-state index contributed by atoms with van der Waals surface area (Å²) in [4.78, 5) is 18.1. The fourth-order valence-electron chi connectivity index (χ4n) is 4.40. The number of pyridine rings is 1. The molecule has 0 saturated heterocycles. The fourth-order valence-corrected chi connectivity index (χ4v) is 4.40. The number of para-hydroxylation sites is 2. The number of hydrogen-bond donors (Lipinski definition) is 1. The highest BCUT2D eigenvalue weighted by Gasteiger charge is 2.24. The molecular formula is C22H24N4O. The number of fused-ring (bicyclic) bond motifs is 5. The smallest absolute Gasteiger partial charge is 0.207 e. The summed E-state index contributed by atoms with van der Waals surface area (Å²) in [6.45, 7) is 3.64. The Kier molecular flexibility index (Phi) is 3.93. The van der Waals surface area contributed by atoms with E-state index in [4.69, 9.17) is 4.98 Å². The van der Waals surface area contributed by atoms with Gasteiger partial charge in [0.2, 0.25) is 6.41 Å². The van der Waals surface area contributed by atoms with E-state index in [2.05, 4.69) is 63.3 Å². The van der Waals surface area contributed by atoms with Crippen LogP contribution in [0.4, 0.5) is 5.69 Å². The topological polar surface area (TPSA) is 50.2 Å². The Morgan fingerprint density at radius 3 is 2.78 bits per heavy atom. The molecule has 0 saturated carbocycles. The maximum Gasteiger partial charge on any atom is 0.207 e. The molecule has 0 atom stereocenters. The molecule has 0 aliphatic carbocycles. The molecule has 1 amide bonds. The molecule has 1 aliphatic heterocycles. The maximum absolute atomic E-state index is 10.6. The number of anilines is 1. The summed E-state index contributed by atoms with van der Waals surface area (Å²) in [5.41, 5.74) is 5.94. The SMILES string of the molecule is O=CNCCCN1CCCn2c3ccccc3c3nc4ccccc4c1c32.[HH]. The second kappa shape index (κ2) is 6.58. The van der Waals surface area contributed by atoms with Crippen molar-refractivity contribution in [2.24, 2.45) is 0 Å². The number of nitrogens with zero attached hydrogens (tertiary/aromatic N) is 3. The van der Waals surface area contributed by atoms with Gasteiger partial charge in [0, 0.05) is 38.4 Å². The lowest BCUT2D eigenvalue weighted by Crippen LogP contribution is -2.28. The van der Waals surface area contributed by atoms with Crippen molar-refractivity contribution in [1.82, 2.24) is 14.9 Å². The number of aromatic nitrogens is 2. The van der Waals surface area contributed by atoms with Crippen LogP contribution in [0.5, 0.6) is 0 Å². The Morgan fingerprint density at radius 1 is 1.07 bits per heavy atom. The van der Waals surface area contributed by atoms with Gasteiger partial charge in [0.25, 0.3) is 0 Å². The van der Waals surface area contributed by atoms with Crippen molar-refractivity contribution in [3.05, 3.63) is 48.5 Å². The number of aryl methyl sites for hydroxylation is 1. The first kappa shape index (κ1) is 16.1. The summed E-state index contributed by atoms with van der Waals surface area (Å²) in [5.74, 6) is 0. The molecule has 0 fully saturated rings. The summed E-state index contributed by atoms with van der Waals surface area (Å²) >= 11 is 0. The van der Waals surface area contributed by atoms with Gasteiger partial charge in [0.05, 0.1) is 27.8 Å². The first-order chi connectivity index (χ1) is 13.4. The second-order valence-electron chi connectivity index (χ2n) is 7.11. The highest BCUT2D eigenvalue weighted by molar-refractivity contribution is 6.16. The Labute approximate surface area is 159 Å². The van der Waals surface area contributed by atoms with Gasteiger partial charge in [-0.2, -0.15) is 0 Å². The van der Waals surface area contributed by atoms with Crippen LogP contribution in [0, 0.1) is 0 Å². The summed E-state index contributed by atoms with van der Waals surface area (Å²) in [6.07, 6.45) is 2.80. The Balaban J connectivity index is 0.00000192. The van der Waals surface area contributed by atoms with Gasteiger partial charge in [0.15, 0.2) is 0 Å². The Morgan fingerprint density at radius 2 is 1.89 bits per heavy atom. The van der Waals surface area contributed by atoms with E-state index in [9.17, 15) is 4.79 Å². The fraction of sp³-hybridized carbons (Fsp3) is 0.273. The van der Waals surface area contributed by atoms with Gasteiger partial charge in [-0.25, -0.2) is 4.98 Å². The predicted molar refractivity (Wildman–Crippen MR) is 112 cm³/mol. The molecule has 5 nitrogen and oxygen atoms in total. The predicted octanol–water partition coefficient (Wildman–Crippen LogP) is 3.93. The van der Waals surface area contributed by atoms with Crippen molar-refractivity contribution in [3.63, 3.8) is 0 Å². The molecule has 1 aliphatic rings. The van der Waals surface area contributed by atoms with Crippen molar-refractivity contribution >= 4 is 44.9 Å². The maximum atomic E-state index is 10.6. The van der Waals surface area contributed by atoms with Crippen LogP contribution in [-0.2, 0) is 11.3 Å². The molecule has 0 bridgehead atoms. The number of amides is 1. The van der Waals surface area contributed by atoms with Crippen LogP contribution in [0.25, 0.3) is 32.8 Å². The minimum Gasteiger partial charge on any atom is -0.369 e. The number of nitrogens with one attached hydrogen (secondary N) is 1. The lowest BCUT2D eigenvalue weighted by atomic mass is 10.1. The van der Waals surface area contributed by atoms with Crippen molar-refractivity contribution in [2.75, 3.05) is 24.5 Å². The zero-order valence-electron chi connectivity index (χ0n) is 15.2. The minimum absolute atomic E-state index is 0. The van der Waals surface area contributed by atoms with Gasteiger partial charge in [-0.15, -0.1) is 0 Å². The van der Waals surface area contributed by atoms with Crippen LogP contribution in [0.2, 0.25) is 0 Å². The van der Waals surface area contributed by atoms with Gasteiger partial charge in [-0.3, -0.25) is 4.79 Å². The van der Waals surface area contributed by atoms with E-state index in [0.29, 0.717) is 6.54 Å². The lowest BCUT2D eigenvalue weighted by molar-refractivity contribution is -0.109. The summed E-state index contributed by atoms with van der Waals surface area (Å²) in [5, 5.41) is 5.21. The van der Waals surface area contributed by atoms with Crippen LogP contribution in [0.3, 0.4) is 0 Å². The minimum atomic E-state index is 0. The standard InChI is InChI=1S/C22H22N4O.H2/c27-15-23-11-5-12-25-13-6-14-26-19-10-4-2-8-17(19)20-22(26)21(25)16-7-1-3-9-18(16)24-20;/h1-4,7-10,15H,5-6,11-14H2,(H,23,27);1H. The average Bonchev–Trinajstić information content (AvgIpc) is 2.89. The first-order valence-corrected chi connectivity index (χ1v) is 9.60. The molecule has 0 unspecified atom stereocenters. The van der Waals surface area contributed by atoms with Gasteiger partial charge in [-0.05, 0) is 25.0 Å². The van der Waals surface area contributed by atoms with Gasteiger partial charge < -0.3 is 14.8 Å². The molecule has 5 heteroatoms. The summed E-state index contributed by atoms with van der Waals surface area (Å²) < 4.78 is 2.45. The molecule has 2 aromatic heterocycles. The largest absolute Gasteiger partial charge is 0.369 e. The number of hydrogen-bond acceptors (Lipinski definition) is 3. The summed E-state index contributed by atoms with van der Waals surface area (Å²) in [6, 6.07) is 17.0. The number of carbonyl (C=O) groups excluding carboxylic acids is 1. The van der Waals surface area contributed by atoms with Crippen molar-refractivity contribution in [1.29, 1.82) is 0 Å². The highest BCUT2D eigenvalue weighted by atomic mass is 16.1. The third-order valence-corrected chi connectivity index (χ3v) is 5.52. The second-order valence-corrected chi connectivity index (χ2v) is 7.11. The van der Waals surface area contributed by atoms with Crippen molar-refractivity contribution in [2.45, 2.75) is 19.4 Å². The van der Waals surface area contributed by atoms with E-state index in [1.165, 1.54) is 27.5 Å². The molecule has 3 heterocycles. The zero-order chi connectivity index (χ0) is 18.2. The summed E-state index contributed by atoms with van der Waals surface area (Å²) in [7, 11) is 0. The van der Waals surface area contributed by atoms with Gasteiger partial charge in [-0.1, -0.05) is 36.4 Å². The Hall–Kier alpha value is -3.08. The zero-order valence-corrected chi connectivity index (χ0v) is 15.2. The number of rotatable bonds is 5. The van der Waals surface area contributed by atoms with E-state index in [-0.39, 0.29) is 1.43 Å². The third kappa shape index (κ3) is 2.53. The quantitative estimate of drug-likeness (QED) is 0.433. The van der Waals surface area contributed by atoms with Crippen molar-refractivity contribution in [3.8, 4) is 0 Å². The van der Waals surface area contributed by atoms with E-state index in [1.54, 1.807) is 0 Å². The molecule has 1 N–H and O–H groups in total. The van der Waals surface area contributed by atoms with E-state index < -0.39 is 0 Å². The molecule has 0 radical (unpaired) electrons. The van der Waals surface area contributed by atoms with Gasteiger partial charge in [0.1, 0.15) is 0 Å². The molecule has 4 aromatic rings. The lowest BCUT2D eigenvalue weighted by Gasteiger charge is -2.25. The third-order valence-electron chi connectivity index (χ3n) is 5.52. The molecule has 27 heavy (non-hydrogen) atoms.